The minimum Gasteiger partial charge on any atom is -0.266 e. The lowest BCUT2D eigenvalue weighted by Crippen LogP contribution is -2.16. The Kier molecular flexibility index (Phi) is 4.43. The van der Waals surface area contributed by atoms with Gasteiger partial charge in [0, 0.05) is 15.1 Å². The maximum Gasteiger partial charge on any atom is 0.283 e. The number of thiophene rings is 1. The van der Waals surface area contributed by atoms with Gasteiger partial charge in [-0.15, -0.1) is 11.3 Å². The van der Waals surface area contributed by atoms with Crippen molar-refractivity contribution in [3.05, 3.63) is 69.0 Å². The molecular formula is C16H10Cl2N2OS. The van der Waals surface area contributed by atoms with Crippen molar-refractivity contribution in [3.63, 3.8) is 0 Å². The van der Waals surface area contributed by atoms with Crippen LogP contribution in [0.15, 0.2) is 53.6 Å². The number of nitrogens with zero attached hydrogens (tertiary/aromatic N) is 1. The van der Waals surface area contributed by atoms with Crippen LogP contribution in [-0.2, 0) is 0 Å². The van der Waals surface area contributed by atoms with Crippen LogP contribution in [0.25, 0.3) is 10.1 Å². The molecule has 1 heterocycles. The summed E-state index contributed by atoms with van der Waals surface area (Å²) in [5.74, 6) is -0.338. The zero-order chi connectivity index (χ0) is 15.5. The predicted octanol–water partition coefficient (Wildman–Crippen LogP) is 4.97. The van der Waals surface area contributed by atoms with E-state index in [-0.39, 0.29) is 5.91 Å². The van der Waals surface area contributed by atoms with Crippen LogP contribution in [0.1, 0.15) is 15.2 Å². The largest absolute Gasteiger partial charge is 0.283 e. The molecule has 1 N–H and O–H groups in total. The summed E-state index contributed by atoms with van der Waals surface area (Å²) in [5, 5.41) is 5.79. The van der Waals surface area contributed by atoms with Crippen LogP contribution in [0, 0.1) is 0 Å². The summed E-state index contributed by atoms with van der Waals surface area (Å²) in [6, 6.07) is 14.8. The molecule has 0 aliphatic rings. The fourth-order valence-corrected chi connectivity index (χ4v) is 3.62. The van der Waals surface area contributed by atoms with Gasteiger partial charge in [0.15, 0.2) is 0 Å². The summed E-state index contributed by atoms with van der Waals surface area (Å²) in [7, 11) is 0. The highest BCUT2D eigenvalue weighted by atomic mass is 35.5. The van der Waals surface area contributed by atoms with Crippen molar-refractivity contribution in [3.8, 4) is 0 Å². The van der Waals surface area contributed by atoms with Gasteiger partial charge in [-0.25, -0.2) is 5.43 Å². The maximum atomic E-state index is 12.2. The second kappa shape index (κ2) is 6.48. The van der Waals surface area contributed by atoms with E-state index in [0.717, 1.165) is 15.6 Å². The molecule has 2 aromatic carbocycles. The highest BCUT2D eigenvalue weighted by Crippen LogP contribution is 2.36. The first kappa shape index (κ1) is 15.0. The molecule has 3 aromatic rings. The smallest absolute Gasteiger partial charge is 0.266 e. The van der Waals surface area contributed by atoms with Gasteiger partial charge in [0.2, 0.25) is 0 Å². The minimum absolute atomic E-state index is 0.338. The number of fused-ring (bicyclic) bond motifs is 1. The van der Waals surface area contributed by atoms with Crippen molar-refractivity contribution in [2.24, 2.45) is 5.10 Å². The van der Waals surface area contributed by atoms with Crippen molar-refractivity contribution in [1.82, 2.24) is 5.43 Å². The monoisotopic (exact) mass is 348 g/mol. The third-order valence-corrected chi connectivity index (χ3v) is 4.87. The van der Waals surface area contributed by atoms with E-state index in [4.69, 9.17) is 23.2 Å². The molecule has 1 aromatic heterocycles. The molecule has 0 atom stereocenters. The minimum atomic E-state index is -0.338. The molecule has 0 aliphatic heterocycles. The van der Waals surface area contributed by atoms with Crippen molar-refractivity contribution >= 4 is 56.7 Å². The topological polar surface area (TPSA) is 41.5 Å². The first-order chi connectivity index (χ1) is 10.6. The van der Waals surface area contributed by atoms with E-state index in [1.54, 1.807) is 24.4 Å². The van der Waals surface area contributed by atoms with E-state index in [9.17, 15) is 4.79 Å². The molecule has 0 unspecified atom stereocenters. The number of hydrogen-bond acceptors (Lipinski definition) is 3. The third kappa shape index (κ3) is 3.14. The van der Waals surface area contributed by atoms with E-state index in [0.29, 0.717) is 14.9 Å². The standard InChI is InChI=1S/C16H10Cl2N2OS/c17-11-6-7-12-13(8-11)22-15(14(12)18)16(21)20-19-9-10-4-2-1-3-5-10/h1-9H,(H,20,21)/b19-9+. The fourth-order valence-electron chi connectivity index (χ4n) is 1.94. The number of hydrogen-bond donors (Lipinski definition) is 1. The van der Waals surface area contributed by atoms with E-state index in [2.05, 4.69) is 10.5 Å². The molecule has 0 bridgehead atoms. The summed E-state index contributed by atoms with van der Waals surface area (Å²) in [6.07, 6.45) is 1.58. The first-order valence-electron chi connectivity index (χ1n) is 6.41. The average Bonchev–Trinajstić information content (AvgIpc) is 2.84. The summed E-state index contributed by atoms with van der Waals surface area (Å²) >= 11 is 13.5. The quantitative estimate of drug-likeness (QED) is 0.526. The highest BCUT2D eigenvalue weighted by molar-refractivity contribution is 7.21. The molecule has 0 radical (unpaired) electrons. The van der Waals surface area contributed by atoms with Crippen molar-refractivity contribution in [1.29, 1.82) is 0 Å². The van der Waals surface area contributed by atoms with Crippen molar-refractivity contribution in [2.75, 3.05) is 0 Å². The summed E-state index contributed by atoms with van der Waals surface area (Å²) in [5.41, 5.74) is 3.39. The predicted molar refractivity (Wildman–Crippen MR) is 93.3 cm³/mol. The van der Waals surface area contributed by atoms with Gasteiger partial charge < -0.3 is 0 Å². The highest BCUT2D eigenvalue weighted by Gasteiger charge is 2.16. The van der Waals surface area contributed by atoms with Gasteiger partial charge in [0.1, 0.15) is 4.88 Å². The molecule has 0 fully saturated rings. The molecule has 0 aliphatic carbocycles. The Morgan fingerprint density at radius 3 is 2.68 bits per heavy atom. The Balaban J connectivity index is 1.80. The van der Waals surface area contributed by atoms with Gasteiger partial charge in [-0.3, -0.25) is 4.79 Å². The Hall–Kier alpha value is -1.88. The Morgan fingerprint density at radius 2 is 1.91 bits per heavy atom. The Labute approximate surface area is 141 Å². The summed E-state index contributed by atoms with van der Waals surface area (Å²) < 4.78 is 0.870. The van der Waals surface area contributed by atoms with Crippen LogP contribution in [0.4, 0.5) is 0 Å². The van der Waals surface area contributed by atoms with Gasteiger partial charge in [0.25, 0.3) is 5.91 Å². The number of nitrogens with one attached hydrogen (secondary N) is 1. The molecular weight excluding hydrogens is 339 g/mol. The number of carbonyl (C=O) groups excluding carboxylic acids is 1. The molecule has 0 saturated heterocycles. The second-order valence-corrected chi connectivity index (χ2v) is 6.36. The SMILES string of the molecule is O=C(N/N=C/c1ccccc1)c1sc2cc(Cl)ccc2c1Cl. The van der Waals surface area contributed by atoms with Crippen LogP contribution >= 0.6 is 34.5 Å². The number of amides is 1. The molecule has 1 amide bonds. The van der Waals surface area contributed by atoms with Gasteiger partial charge in [-0.1, -0.05) is 59.6 Å². The van der Waals surface area contributed by atoms with Gasteiger partial charge in [-0.05, 0) is 17.7 Å². The van der Waals surface area contributed by atoms with E-state index in [1.807, 2.05) is 30.3 Å². The number of benzene rings is 2. The Bertz CT molecular complexity index is 859. The van der Waals surface area contributed by atoms with Gasteiger partial charge in [0.05, 0.1) is 11.2 Å². The second-order valence-electron chi connectivity index (χ2n) is 4.50. The molecule has 110 valence electrons. The molecule has 0 saturated carbocycles. The number of rotatable bonds is 3. The number of halogens is 2. The van der Waals surface area contributed by atoms with Crippen molar-refractivity contribution < 1.29 is 4.79 Å². The fraction of sp³-hybridized carbons (Fsp3) is 0. The van der Waals surface area contributed by atoms with Crippen LogP contribution in [0.2, 0.25) is 10.0 Å². The summed E-state index contributed by atoms with van der Waals surface area (Å²) in [4.78, 5) is 12.6. The average molecular weight is 349 g/mol. The first-order valence-corrected chi connectivity index (χ1v) is 7.98. The lowest BCUT2D eigenvalue weighted by Gasteiger charge is -1.97. The zero-order valence-electron chi connectivity index (χ0n) is 11.2. The van der Waals surface area contributed by atoms with Crippen LogP contribution < -0.4 is 5.43 Å². The lowest BCUT2D eigenvalue weighted by molar-refractivity contribution is 0.0959. The molecule has 0 spiro atoms. The number of carbonyl (C=O) groups is 1. The normalized spacial score (nSPS) is 11.2. The van der Waals surface area contributed by atoms with Gasteiger partial charge in [-0.2, -0.15) is 5.10 Å². The third-order valence-electron chi connectivity index (χ3n) is 2.98. The van der Waals surface area contributed by atoms with Crippen LogP contribution in [0.3, 0.4) is 0 Å². The number of hydrazone groups is 1. The van der Waals surface area contributed by atoms with Crippen LogP contribution in [0.5, 0.6) is 0 Å². The van der Waals surface area contributed by atoms with Gasteiger partial charge >= 0.3 is 0 Å². The zero-order valence-corrected chi connectivity index (χ0v) is 13.5. The van der Waals surface area contributed by atoms with Crippen LogP contribution in [-0.4, -0.2) is 12.1 Å². The molecule has 3 rings (SSSR count). The van der Waals surface area contributed by atoms with E-state index < -0.39 is 0 Å². The van der Waals surface area contributed by atoms with E-state index in [1.165, 1.54) is 11.3 Å². The Morgan fingerprint density at radius 1 is 1.14 bits per heavy atom. The molecule has 3 nitrogen and oxygen atoms in total. The molecule has 6 heteroatoms. The van der Waals surface area contributed by atoms with E-state index >= 15 is 0 Å². The summed E-state index contributed by atoms with van der Waals surface area (Å²) in [6.45, 7) is 0. The molecule has 22 heavy (non-hydrogen) atoms. The lowest BCUT2D eigenvalue weighted by atomic mass is 10.2. The van der Waals surface area contributed by atoms with Crippen molar-refractivity contribution in [2.45, 2.75) is 0 Å². The maximum absolute atomic E-state index is 12.2.